The highest BCUT2D eigenvalue weighted by Crippen LogP contribution is 2.20. The van der Waals surface area contributed by atoms with Crippen LogP contribution in [-0.4, -0.2) is 11.0 Å². The van der Waals surface area contributed by atoms with E-state index in [-0.39, 0.29) is 12.5 Å². The Balaban J connectivity index is 2.19. The van der Waals surface area contributed by atoms with Crippen LogP contribution in [0.15, 0.2) is 54.6 Å². The molecule has 0 radical (unpaired) electrons. The number of hydrogen-bond donors (Lipinski definition) is 3. The second kappa shape index (κ2) is 5.86. The minimum atomic E-state index is -1.11. The van der Waals surface area contributed by atoms with Gasteiger partial charge in [-0.25, -0.2) is 0 Å². The summed E-state index contributed by atoms with van der Waals surface area (Å²) in [4.78, 5) is 12.3. The lowest BCUT2D eigenvalue weighted by atomic mass is 9.92. The third kappa shape index (κ3) is 3.04. The average Bonchev–Trinajstić information content (AvgIpc) is 2.48. The first-order chi connectivity index (χ1) is 9.54. The smallest absolute Gasteiger partial charge is 0.248 e. The van der Waals surface area contributed by atoms with Gasteiger partial charge in [0.2, 0.25) is 5.91 Å². The molecule has 0 heterocycles. The van der Waals surface area contributed by atoms with E-state index in [1.54, 1.807) is 31.2 Å². The zero-order valence-electron chi connectivity index (χ0n) is 11.3. The Kier molecular flexibility index (Phi) is 4.17. The molecule has 0 fully saturated rings. The summed E-state index contributed by atoms with van der Waals surface area (Å²) in [6.07, 6.45) is 0. The van der Waals surface area contributed by atoms with E-state index >= 15 is 0 Å². The lowest BCUT2D eigenvalue weighted by Crippen LogP contribution is -2.45. The van der Waals surface area contributed by atoms with E-state index in [9.17, 15) is 4.79 Å². The van der Waals surface area contributed by atoms with Crippen molar-refractivity contribution in [2.24, 2.45) is 5.73 Å². The van der Waals surface area contributed by atoms with Crippen LogP contribution in [0.1, 0.15) is 18.1 Å². The zero-order valence-corrected chi connectivity index (χ0v) is 11.3. The molecule has 2 aromatic rings. The third-order valence-corrected chi connectivity index (χ3v) is 3.21. The highest BCUT2D eigenvalue weighted by molar-refractivity contribution is 5.98. The second-order valence-electron chi connectivity index (χ2n) is 4.88. The fourth-order valence-corrected chi connectivity index (χ4v) is 1.92. The van der Waals surface area contributed by atoms with Gasteiger partial charge < -0.3 is 16.2 Å². The molecule has 2 aromatic carbocycles. The van der Waals surface area contributed by atoms with Crippen LogP contribution in [0, 0.1) is 0 Å². The fraction of sp³-hybridized carbons (Fsp3) is 0.188. The topological polar surface area (TPSA) is 75.4 Å². The van der Waals surface area contributed by atoms with Crippen LogP contribution in [0.5, 0.6) is 0 Å². The normalized spacial score (nSPS) is 13.6. The standard InChI is InChI=1S/C16H18N2O2/c1-16(17,13-7-3-2-4-8-13)15(20)18-14-9-5-6-12(10-14)11-19/h2-10,19H,11,17H2,1H3,(H,18,20). The molecule has 1 atom stereocenters. The first-order valence-electron chi connectivity index (χ1n) is 6.39. The maximum atomic E-state index is 12.3. The Labute approximate surface area is 118 Å². The summed E-state index contributed by atoms with van der Waals surface area (Å²) >= 11 is 0. The molecule has 4 N–H and O–H groups in total. The molecular weight excluding hydrogens is 252 g/mol. The number of carbonyl (C=O) groups is 1. The number of aliphatic hydroxyl groups excluding tert-OH is 1. The van der Waals surface area contributed by atoms with Crippen molar-refractivity contribution in [1.29, 1.82) is 0 Å². The maximum absolute atomic E-state index is 12.3. The van der Waals surface area contributed by atoms with E-state index in [4.69, 9.17) is 10.8 Å². The molecule has 4 nitrogen and oxygen atoms in total. The van der Waals surface area contributed by atoms with Gasteiger partial charge in [-0.15, -0.1) is 0 Å². The molecule has 0 saturated heterocycles. The second-order valence-corrected chi connectivity index (χ2v) is 4.88. The lowest BCUT2D eigenvalue weighted by Gasteiger charge is -2.24. The Morgan fingerprint density at radius 3 is 2.55 bits per heavy atom. The van der Waals surface area contributed by atoms with Gasteiger partial charge >= 0.3 is 0 Å². The minimum Gasteiger partial charge on any atom is -0.392 e. The average molecular weight is 270 g/mol. The van der Waals surface area contributed by atoms with Crippen LogP contribution in [-0.2, 0) is 16.9 Å². The number of nitrogens with two attached hydrogens (primary N) is 1. The summed E-state index contributed by atoms with van der Waals surface area (Å²) in [5.74, 6) is -0.293. The molecule has 0 saturated carbocycles. The molecule has 0 bridgehead atoms. The molecule has 0 aliphatic heterocycles. The van der Waals surface area contributed by atoms with Crippen molar-refractivity contribution in [3.63, 3.8) is 0 Å². The predicted molar refractivity (Wildman–Crippen MR) is 79.0 cm³/mol. The summed E-state index contributed by atoms with van der Waals surface area (Å²) < 4.78 is 0. The van der Waals surface area contributed by atoms with E-state index in [0.717, 1.165) is 11.1 Å². The van der Waals surface area contributed by atoms with Crippen LogP contribution in [0.25, 0.3) is 0 Å². The van der Waals surface area contributed by atoms with Crippen molar-refractivity contribution in [2.45, 2.75) is 19.1 Å². The summed E-state index contributed by atoms with van der Waals surface area (Å²) in [7, 11) is 0. The monoisotopic (exact) mass is 270 g/mol. The van der Waals surface area contributed by atoms with E-state index < -0.39 is 5.54 Å². The number of amides is 1. The first kappa shape index (κ1) is 14.2. The summed E-state index contributed by atoms with van der Waals surface area (Å²) in [5, 5.41) is 11.9. The van der Waals surface area contributed by atoms with Gasteiger partial charge in [0, 0.05) is 5.69 Å². The van der Waals surface area contributed by atoms with Gasteiger partial charge in [-0.05, 0) is 30.2 Å². The molecule has 0 spiro atoms. The van der Waals surface area contributed by atoms with Crippen molar-refractivity contribution < 1.29 is 9.90 Å². The van der Waals surface area contributed by atoms with E-state index in [2.05, 4.69) is 5.32 Å². The number of rotatable bonds is 4. The van der Waals surface area contributed by atoms with Crippen molar-refractivity contribution in [1.82, 2.24) is 0 Å². The number of benzene rings is 2. The van der Waals surface area contributed by atoms with E-state index in [1.807, 2.05) is 30.3 Å². The molecule has 0 aliphatic carbocycles. The number of nitrogens with one attached hydrogen (secondary N) is 1. The summed E-state index contributed by atoms with van der Waals surface area (Å²) in [6, 6.07) is 16.3. The van der Waals surface area contributed by atoms with Gasteiger partial charge in [-0.3, -0.25) is 4.79 Å². The number of aliphatic hydroxyl groups is 1. The van der Waals surface area contributed by atoms with Crippen molar-refractivity contribution >= 4 is 11.6 Å². The Hall–Kier alpha value is -2.17. The fourth-order valence-electron chi connectivity index (χ4n) is 1.92. The van der Waals surface area contributed by atoms with Crippen LogP contribution in [0.3, 0.4) is 0 Å². The molecule has 4 heteroatoms. The van der Waals surface area contributed by atoms with E-state index in [1.165, 1.54) is 0 Å². The first-order valence-corrected chi connectivity index (χ1v) is 6.39. The van der Waals surface area contributed by atoms with Gasteiger partial charge in [0.1, 0.15) is 5.54 Å². The van der Waals surface area contributed by atoms with Crippen LogP contribution < -0.4 is 11.1 Å². The highest BCUT2D eigenvalue weighted by Gasteiger charge is 2.30. The Morgan fingerprint density at radius 2 is 1.90 bits per heavy atom. The quantitative estimate of drug-likeness (QED) is 0.795. The van der Waals surface area contributed by atoms with Crippen molar-refractivity contribution in [3.8, 4) is 0 Å². The Morgan fingerprint density at radius 1 is 1.20 bits per heavy atom. The van der Waals surface area contributed by atoms with Crippen molar-refractivity contribution in [3.05, 3.63) is 65.7 Å². The SMILES string of the molecule is CC(N)(C(=O)Nc1cccc(CO)c1)c1ccccc1. The van der Waals surface area contributed by atoms with Gasteiger partial charge in [-0.1, -0.05) is 42.5 Å². The largest absolute Gasteiger partial charge is 0.392 e. The molecule has 0 aromatic heterocycles. The van der Waals surface area contributed by atoms with Gasteiger partial charge in [0.05, 0.1) is 6.61 Å². The minimum absolute atomic E-state index is 0.0672. The lowest BCUT2D eigenvalue weighted by molar-refractivity contribution is -0.120. The molecule has 1 amide bonds. The van der Waals surface area contributed by atoms with Gasteiger partial charge in [0.15, 0.2) is 0 Å². The predicted octanol–water partition coefficient (Wildman–Crippen LogP) is 1.99. The number of anilines is 1. The summed E-state index contributed by atoms with van der Waals surface area (Å²) in [5.41, 5.74) is 7.13. The summed E-state index contributed by atoms with van der Waals surface area (Å²) in [6.45, 7) is 1.61. The van der Waals surface area contributed by atoms with Crippen LogP contribution in [0.2, 0.25) is 0 Å². The van der Waals surface area contributed by atoms with Gasteiger partial charge in [0.25, 0.3) is 0 Å². The van der Waals surface area contributed by atoms with Gasteiger partial charge in [-0.2, -0.15) is 0 Å². The number of carbonyl (C=O) groups excluding carboxylic acids is 1. The molecule has 2 rings (SSSR count). The molecule has 0 aliphatic rings. The van der Waals surface area contributed by atoms with E-state index in [0.29, 0.717) is 5.69 Å². The van der Waals surface area contributed by atoms with Crippen LogP contribution in [0.4, 0.5) is 5.69 Å². The van der Waals surface area contributed by atoms with Crippen LogP contribution >= 0.6 is 0 Å². The molecule has 20 heavy (non-hydrogen) atoms. The van der Waals surface area contributed by atoms with Crippen molar-refractivity contribution in [2.75, 3.05) is 5.32 Å². The molecule has 1 unspecified atom stereocenters. The number of hydrogen-bond acceptors (Lipinski definition) is 3. The maximum Gasteiger partial charge on any atom is 0.248 e. The Bertz CT molecular complexity index is 594. The third-order valence-electron chi connectivity index (χ3n) is 3.21. The molecule has 104 valence electrons. The highest BCUT2D eigenvalue weighted by atomic mass is 16.3. The zero-order chi connectivity index (χ0) is 14.6. The molecular formula is C16H18N2O2.